The van der Waals surface area contributed by atoms with Crippen LogP contribution in [-0.4, -0.2) is 70.0 Å². The first-order valence-electron chi connectivity index (χ1n) is 9.78. The highest BCUT2D eigenvalue weighted by Crippen LogP contribution is 2.60. The summed E-state index contributed by atoms with van der Waals surface area (Å²) < 4.78 is 6.28. The van der Waals surface area contributed by atoms with E-state index in [1.165, 1.54) is 11.9 Å². The maximum atomic E-state index is 13.5. The van der Waals surface area contributed by atoms with Crippen LogP contribution in [0.2, 0.25) is 5.02 Å². The number of nitrogens with zero attached hydrogens (tertiary/aromatic N) is 1. The zero-order valence-electron chi connectivity index (χ0n) is 16.5. The summed E-state index contributed by atoms with van der Waals surface area (Å²) in [7, 11) is 1.52. The second-order valence-electron chi connectivity index (χ2n) is 8.05. The molecule has 1 aromatic rings. The van der Waals surface area contributed by atoms with E-state index in [1.54, 1.807) is 31.2 Å². The Labute approximate surface area is 187 Å². The molecular formula is C20H23BrClN3O5. The van der Waals surface area contributed by atoms with Crippen molar-refractivity contribution in [2.24, 2.45) is 11.8 Å². The van der Waals surface area contributed by atoms with Crippen LogP contribution in [0.3, 0.4) is 0 Å². The van der Waals surface area contributed by atoms with Crippen molar-refractivity contribution in [3.05, 3.63) is 29.3 Å². The van der Waals surface area contributed by atoms with Gasteiger partial charge in [-0.15, -0.1) is 0 Å². The van der Waals surface area contributed by atoms with Gasteiger partial charge in [-0.3, -0.25) is 14.4 Å². The molecule has 2 bridgehead atoms. The van der Waals surface area contributed by atoms with Gasteiger partial charge in [-0.25, -0.2) is 0 Å². The van der Waals surface area contributed by atoms with Crippen LogP contribution >= 0.6 is 27.5 Å². The summed E-state index contributed by atoms with van der Waals surface area (Å²) >= 11 is 9.50. The van der Waals surface area contributed by atoms with Crippen molar-refractivity contribution < 1.29 is 24.2 Å². The maximum Gasteiger partial charge on any atom is 0.250 e. The van der Waals surface area contributed by atoms with E-state index in [9.17, 15) is 19.5 Å². The van der Waals surface area contributed by atoms with Crippen molar-refractivity contribution in [1.82, 2.24) is 10.2 Å². The molecule has 3 fully saturated rings. The minimum absolute atomic E-state index is 0.168. The molecule has 1 spiro atoms. The van der Waals surface area contributed by atoms with Crippen molar-refractivity contribution in [1.29, 1.82) is 0 Å². The lowest BCUT2D eigenvalue weighted by Crippen LogP contribution is -2.56. The van der Waals surface area contributed by atoms with Gasteiger partial charge in [0.1, 0.15) is 11.6 Å². The average Bonchev–Trinajstić information content (AvgIpc) is 3.32. The van der Waals surface area contributed by atoms with E-state index in [4.69, 9.17) is 16.3 Å². The second kappa shape index (κ2) is 7.78. The number of carbonyl (C=O) groups is 3. The number of hydrogen-bond acceptors (Lipinski definition) is 5. The Kier molecular flexibility index (Phi) is 5.59. The number of benzene rings is 1. The monoisotopic (exact) mass is 499 g/mol. The molecule has 162 valence electrons. The summed E-state index contributed by atoms with van der Waals surface area (Å²) in [6.07, 6.45) is -0.0918. The summed E-state index contributed by atoms with van der Waals surface area (Å²) in [6, 6.07) is 5.05. The highest BCUT2D eigenvalue weighted by Gasteiger charge is 2.76. The van der Waals surface area contributed by atoms with Crippen molar-refractivity contribution in [3.63, 3.8) is 0 Å². The van der Waals surface area contributed by atoms with Gasteiger partial charge in [0, 0.05) is 22.6 Å². The minimum Gasteiger partial charge on any atom is -0.394 e. The molecule has 3 N–H and O–H groups in total. The Balaban J connectivity index is 1.75. The standard InChI is InChI=1S/C20H23BrClN3O5/c1-9(8-26)25-16(18(28)24-11-5-3-10(22)4-6-11)20-7-12(21)15(30-20)13(17(27)23-2)14(20)19(25)29/h3-6,9,12-16,26H,7-8H2,1-2H3,(H,23,27)(H,24,28)/t9-,12?,13-,14+,15-,16?,20?/m1/s1. The lowest BCUT2D eigenvalue weighted by atomic mass is 9.70. The summed E-state index contributed by atoms with van der Waals surface area (Å²) in [4.78, 5) is 40.8. The molecule has 4 rings (SSSR count). The van der Waals surface area contributed by atoms with E-state index in [0.29, 0.717) is 17.1 Å². The average molecular weight is 501 g/mol. The molecule has 0 saturated carbocycles. The molecule has 30 heavy (non-hydrogen) atoms. The molecule has 10 heteroatoms. The van der Waals surface area contributed by atoms with E-state index in [0.717, 1.165) is 0 Å². The van der Waals surface area contributed by atoms with Gasteiger partial charge < -0.3 is 25.4 Å². The van der Waals surface area contributed by atoms with Gasteiger partial charge in [-0.1, -0.05) is 27.5 Å². The van der Waals surface area contributed by atoms with E-state index >= 15 is 0 Å². The normalized spacial score (nSPS) is 35.3. The molecule has 0 aliphatic carbocycles. The first kappa shape index (κ1) is 21.5. The van der Waals surface area contributed by atoms with Gasteiger partial charge in [0.15, 0.2) is 0 Å². The molecule has 3 saturated heterocycles. The van der Waals surface area contributed by atoms with Crippen molar-refractivity contribution in [3.8, 4) is 0 Å². The number of aliphatic hydroxyl groups excluding tert-OH is 1. The number of carbonyl (C=O) groups excluding carboxylic acids is 3. The predicted molar refractivity (Wildman–Crippen MR) is 113 cm³/mol. The maximum absolute atomic E-state index is 13.5. The number of likely N-dealkylation sites (tertiary alicyclic amines) is 1. The number of nitrogens with one attached hydrogen (secondary N) is 2. The van der Waals surface area contributed by atoms with Gasteiger partial charge in [0.05, 0.1) is 30.6 Å². The minimum atomic E-state index is -1.15. The van der Waals surface area contributed by atoms with Crippen LogP contribution in [0.15, 0.2) is 24.3 Å². The van der Waals surface area contributed by atoms with Gasteiger partial charge in [-0.2, -0.15) is 0 Å². The zero-order chi connectivity index (χ0) is 21.8. The molecule has 3 aliphatic heterocycles. The number of rotatable bonds is 5. The molecule has 3 amide bonds. The summed E-state index contributed by atoms with van der Waals surface area (Å²) in [5.74, 6) is -2.55. The molecule has 3 aliphatic rings. The molecular weight excluding hydrogens is 478 g/mol. The van der Waals surface area contributed by atoms with Crippen LogP contribution in [0.5, 0.6) is 0 Å². The molecule has 0 aromatic heterocycles. The smallest absolute Gasteiger partial charge is 0.250 e. The number of hydrogen-bond donors (Lipinski definition) is 3. The number of fused-ring (bicyclic) bond motifs is 1. The number of aliphatic hydroxyl groups is 1. The Morgan fingerprint density at radius 2 is 2.03 bits per heavy atom. The number of halogens is 2. The number of ether oxygens (including phenoxy) is 1. The quantitative estimate of drug-likeness (QED) is 0.526. The van der Waals surface area contributed by atoms with Crippen molar-refractivity contribution in [2.75, 3.05) is 19.0 Å². The lowest BCUT2D eigenvalue weighted by Gasteiger charge is -2.35. The molecule has 1 aromatic carbocycles. The molecule has 0 radical (unpaired) electrons. The Morgan fingerprint density at radius 1 is 1.37 bits per heavy atom. The predicted octanol–water partition coefficient (Wildman–Crippen LogP) is 1.15. The molecule has 8 nitrogen and oxygen atoms in total. The van der Waals surface area contributed by atoms with E-state index in [1.807, 2.05) is 0 Å². The number of amides is 3. The topological polar surface area (TPSA) is 108 Å². The van der Waals surface area contributed by atoms with Crippen LogP contribution in [0.25, 0.3) is 0 Å². The largest absolute Gasteiger partial charge is 0.394 e. The first-order valence-corrected chi connectivity index (χ1v) is 11.1. The van der Waals surface area contributed by atoms with Crippen LogP contribution < -0.4 is 10.6 Å². The van der Waals surface area contributed by atoms with E-state index in [-0.39, 0.29) is 23.2 Å². The van der Waals surface area contributed by atoms with Gasteiger partial charge in [0.25, 0.3) is 0 Å². The molecule has 3 unspecified atom stereocenters. The zero-order valence-corrected chi connectivity index (χ0v) is 18.8. The third kappa shape index (κ3) is 3.05. The van der Waals surface area contributed by atoms with E-state index in [2.05, 4.69) is 26.6 Å². The third-order valence-electron chi connectivity index (χ3n) is 6.38. The van der Waals surface area contributed by atoms with Crippen LogP contribution in [0, 0.1) is 11.8 Å². The summed E-state index contributed by atoms with van der Waals surface area (Å²) in [5.41, 5.74) is -0.619. The first-order chi connectivity index (χ1) is 14.2. The fourth-order valence-electron chi connectivity index (χ4n) is 5.14. The highest BCUT2D eigenvalue weighted by molar-refractivity contribution is 9.09. The lowest BCUT2D eigenvalue weighted by molar-refractivity contribution is -0.143. The fraction of sp³-hybridized carbons (Fsp3) is 0.550. The summed E-state index contributed by atoms with van der Waals surface area (Å²) in [6.45, 7) is 1.36. The van der Waals surface area contributed by atoms with Crippen molar-refractivity contribution in [2.45, 2.75) is 42.0 Å². The van der Waals surface area contributed by atoms with Crippen LogP contribution in [-0.2, 0) is 19.1 Å². The molecule has 7 atom stereocenters. The van der Waals surface area contributed by atoms with E-state index < -0.39 is 41.5 Å². The Hall–Kier alpha value is -1.68. The second-order valence-corrected chi connectivity index (χ2v) is 9.66. The van der Waals surface area contributed by atoms with Gasteiger partial charge in [-0.05, 0) is 37.6 Å². The van der Waals surface area contributed by atoms with Gasteiger partial charge >= 0.3 is 0 Å². The number of anilines is 1. The number of alkyl halides is 1. The third-order valence-corrected chi connectivity index (χ3v) is 7.47. The van der Waals surface area contributed by atoms with Gasteiger partial charge in [0.2, 0.25) is 17.7 Å². The highest BCUT2D eigenvalue weighted by atomic mass is 79.9. The van der Waals surface area contributed by atoms with Crippen molar-refractivity contribution >= 4 is 50.9 Å². The summed E-state index contributed by atoms with van der Waals surface area (Å²) in [5, 5.41) is 15.8. The SMILES string of the molecule is CNC(=O)[C@H]1[C@@H]2OC3(CC2Br)C(C(=O)Nc2ccc(Cl)cc2)N([C@H](C)CO)C(=O)[C@H]13. The Bertz CT molecular complexity index is 884. The molecule has 3 heterocycles. The van der Waals surface area contributed by atoms with Crippen LogP contribution in [0.1, 0.15) is 13.3 Å². The van der Waals surface area contributed by atoms with Crippen LogP contribution in [0.4, 0.5) is 5.69 Å². The fourth-order valence-corrected chi connectivity index (χ4v) is 6.21. The Morgan fingerprint density at radius 3 is 2.63 bits per heavy atom.